The molecule has 2 heterocycles. The number of hydrogen-bond acceptors (Lipinski definition) is 7. The second-order valence-electron chi connectivity index (χ2n) is 6.39. The lowest BCUT2D eigenvalue weighted by molar-refractivity contribution is 0.232. The van der Waals surface area contributed by atoms with Crippen molar-refractivity contribution >= 4 is 29.4 Å². The molecule has 0 spiro atoms. The molecule has 0 amide bonds. The number of azide groups is 1. The van der Waals surface area contributed by atoms with Gasteiger partial charge in [-0.2, -0.15) is 0 Å². The van der Waals surface area contributed by atoms with Gasteiger partial charge >= 0.3 is 7.60 Å². The Morgan fingerprint density at radius 1 is 1.54 bits per heavy atom. The van der Waals surface area contributed by atoms with Gasteiger partial charge in [0.1, 0.15) is 11.0 Å². The number of nitrogen functional groups attached to an aromatic ring is 1. The second kappa shape index (κ2) is 8.70. The fraction of sp³-hybridized carbons (Fsp3) is 0.533. The van der Waals surface area contributed by atoms with Crippen molar-refractivity contribution < 1.29 is 18.4 Å². The van der Waals surface area contributed by atoms with Crippen molar-refractivity contribution in [3.05, 3.63) is 27.6 Å². The Morgan fingerprint density at radius 2 is 2.27 bits per heavy atom. The molecular weight excluding hydrogens is 377 g/mol. The lowest BCUT2D eigenvalue weighted by Gasteiger charge is -2.15. The maximum absolute atomic E-state index is 12.7. The summed E-state index contributed by atoms with van der Waals surface area (Å²) in [4.78, 5) is 18.2. The van der Waals surface area contributed by atoms with Gasteiger partial charge in [-0.15, -0.1) is 11.3 Å². The van der Waals surface area contributed by atoms with Crippen LogP contribution >= 0.6 is 18.9 Å². The normalized spacial score (nSPS) is 14.8. The summed E-state index contributed by atoms with van der Waals surface area (Å²) in [5.41, 5.74) is 14.6. The maximum Gasteiger partial charge on any atom is 0.362 e. The molecule has 3 N–H and O–H groups in total. The Bertz CT molecular complexity index is 843. The van der Waals surface area contributed by atoms with Gasteiger partial charge in [-0.3, -0.25) is 4.57 Å². The van der Waals surface area contributed by atoms with Crippen molar-refractivity contribution in [1.82, 2.24) is 4.98 Å². The molecule has 142 valence electrons. The molecule has 11 heteroatoms. The molecule has 2 rings (SSSR count). The smallest absolute Gasteiger partial charge is 0.362 e. The SMILES string of the molecule is CC(C)Cc1sc(N)nc1-c1occc1P(=O)(O)OCC(C)CN=[N+]=[N-]. The van der Waals surface area contributed by atoms with Crippen molar-refractivity contribution in [2.24, 2.45) is 17.0 Å². The molecule has 0 radical (unpaired) electrons. The molecule has 0 bridgehead atoms. The van der Waals surface area contributed by atoms with E-state index in [2.05, 4.69) is 28.9 Å². The van der Waals surface area contributed by atoms with Crippen molar-refractivity contribution in [3.8, 4) is 11.5 Å². The standard InChI is InChI=1S/C15H22N5O4PS/c1-9(2)6-12-13(19-15(16)26-12)14-11(4-5-23-14)25(21,22)24-8-10(3)7-18-20-17/h4-5,9-10H,6-8H2,1-3H3,(H2,16,19)(H,21,22). The maximum atomic E-state index is 12.7. The van der Waals surface area contributed by atoms with Crippen molar-refractivity contribution in [2.75, 3.05) is 18.9 Å². The lowest BCUT2D eigenvalue weighted by atomic mass is 10.1. The van der Waals surface area contributed by atoms with Gasteiger partial charge in [-0.25, -0.2) is 4.98 Å². The van der Waals surface area contributed by atoms with E-state index in [1.54, 1.807) is 6.92 Å². The number of hydrogen-bond donors (Lipinski definition) is 2. The first-order valence-electron chi connectivity index (χ1n) is 8.06. The summed E-state index contributed by atoms with van der Waals surface area (Å²) in [6.07, 6.45) is 2.05. The Labute approximate surface area is 155 Å². The van der Waals surface area contributed by atoms with Crippen LogP contribution in [0.1, 0.15) is 25.6 Å². The highest BCUT2D eigenvalue weighted by molar-refractivity contribution is 7.61. The van der Waals surface area contributed by atoms with E-state index >= 15 is 0 Å². The van der Waals surface area contributed by atoms with Gasteiger partial charge in [-0.1, -0.05) is 25.9 Å². The largest absolute Gasteiger partial charge is 0.462 e. The number of thiazole rings is 1. The molecule has 2 atom stereocenters. The van der Waals surface area contributed by atoms with Crippen LogP contribution in [0.4, 0.5) is 5.13 Å². The van der Waals surface area contributed by atoms with Crippen LogP contribution in [0.15, 0.2) is 21.9 Å². The second-order valence-corrected chi connectivity index (χ2v) is 9.29. The molecule has 2 unspecified atom stereocenters. The van der Waals surface area contributed by atoms with Crippen molar-refractivity contribution in [1.29, 1.82) is 0 Å². The van der Waals surface area contributed by atoms with E-state index in [9.17, 15) is 9.46 Å². The first-order valence-corrected chi connectivity index (χ1v) is 10.5. The Hall–Kier alpha value is -1.83. The quantitative estimate of drug-likeness (QED) is 0.282. The van der Waals surface area contributed by atoms with Gasteiger partial charge in [0.05, 0.1) is 12.9 Å². The van der Waals surface area contributed by atoms with E-state index in [0.717, 1.165) is 11.3 Å². The van der Waals surface area contributed by atoms with Crippen LogP contribution in [0.2, 0.25) is 0 Å². The zero-order valence-electron chi connectivity index (χ0n) is 14.8. The average Bonchev–Trinajstić information content (AvgIpc) is 3.17. The third-order valence-electron chi connectivity index (χ3n) is 3.46. The first-order chi connectivity index (χ1) is 12.2. The third kappa shape index (κ3) is 5.09. The molecule has 0 aliphatic carbocycles. The molecule has 9 nitrogen and oxygen atoms in total. The Morgan fingerprint density at radius 3 is 2.92 bits per heavy atom. The van der Waals surface area contributed by atoms with Gasteiger partial charge in [0.2, 0.25) is 0 Å². The molecule has 0 aliphatic rings. The summed E-state index contributed by atoms with van der Waals surface area (Å²) in [7, 11) is -4.14. The number of aromatic nitrogens is 1. The minimum atomic E-state index is -4.14. The highest BCUT2D eigenvalue weighted by Gasteiger charge is 2.32. The van der Waals surface area contributed by atoms with E-state index in [-0.39, 0.29) is 30.1 Å². The summed E-state index contributed by atoms with van der Waals surface area (Å²) in [5, 5.41) is 3.85. The summed E-state index contributed by atoms with van der Waals surface area (Å²) in [5.74, 6) is 0.362. The van der Waals surface area contributed by atoms with Gasteiger partial charge in [0.25, 0.3) is 0 Å². The number of nitrogens with two attached hydrogens (primary N) is 1. The van der Waals surface area contributed by atoms with Crippen molar-refractivity contribution in [2.45, 2.75) is 27.2 Å². The van der Waals surface area contributed by atoms with Crippen LogP contribution in [0.3, 0.4) is 0 Å². The fourth-order valence-corrected chi connectivity index (χ4v) is 4.59. The Balaban J connectivity index is 2.27. The van der Waals surface area contributed by atoms with Crippen LogP contribution in [0.5, 0.6) is 0 Å². The van der Waals surface area contributed by atoms with Gasteiger partial charge in [0, 0.05) is 16.3 Å². The van der Waals surface area contributed by atoms with E-state index in [0.29, 0.717) is 16.7 Å². The van der Waals surface area contributed by atoms with Crippen LogP contribution in [-0.2, 0) is 15.5 Å². The highest BCUT2D eigenvalue weighted by Crippen LogP contribution is 2.45. The minimum absolute atomic E-state index is 0.0323. The summed E-state index contributed by atoms with van der Waals surface area (Å²) >= 11 is 1.34. The number of furan rings is 1. The van der Waals surface area contributed by atoms with Crippen LogP contribution in [0, 0.1) is 11.8 Å². The number of anilines is 1. The van der Waals surface area contributed by atoms with Crippen LogP contribution in [0.25, 0.3) is 21.9 Å². The monoisotopic (exact) mass is 399 g/mol. The van der Waals surface area contributed by atoms with Crippen LogP contribution < -0.4 is 11.0 Å². The van der Waals surface area contributed by atoms with E-state index in [4.69, 9.17) is 20.2 Å². The molecule has 0 aliphatic heterocycles. The van der Waals surface area contributed by atoms with E-state index in [1.165, 1.54) is 23.7 Å². The van der Waals surface area contributed by atoms with Gasteiger partial charge in [-0.05, 0) is 29.9 Å². The third-order valence-corrected chi connectivity index (χ3v) is 5.83. The molecule has 2 aromatic rings. The molecule has 0 saturated heterocycles. The zero-order chi connectivity index (χ0) is 19.3. The molecule has 0 saturated carbocycles. The highest BCUT2D eigenvalue weighted by atomic mass is 32.1. The minimum Gasteiger partial charge on any atom is -0.462 e. The number of rotatable bonds is 9. The molecular formula is C15H22N5O4PS. The molecule has 2 aromatic heterocycles. The van der Waals surface area contributed by atoms with E-state index < -0.39 is 7.60 Å². The molecule has 26 heavy (non-hydrogen) atoms. The summed E-state index contributed by atoms with van der Waals surface area (Å²) < 4.78 is 23.4. The van der Waals surface area contributed by atoms with E-state index in [1.807, 2.05) is 0 Å². The number of nitrogens with zero attached hydrogens (tertiary/aromatic N) is 4. The Kier molecular flexibility index (Phi) is 6.86. The van der Waals surface area contributed by atoms with Crippen LogP contribution in [-0.4, -0.2) is 23.0 Å². The summed E-state index contributed by atoms with van der Waals surface area (Å²) in [6.45, 7) is 6.03. The molecule has 0 aromatic carbocycles. The topological polar surface area (TPSA) is 147 Å². The predicted molar refractivity (Wildman–Crippen MR) is 101 cm³/mol. The predicted octanol–water partition coefficient (Wildman–Crippen LogP) is 3.96. The van der Waals surface area contributed by atoms with Gasteiger partial charge in [0.15, 0.2) is 10.9 Å². The summed E-state index contributed by atoms with van der Waals surface area (Å²) in [6, 6.07) is 1.41. The molecule has 0 fully saturated rings. The fourth-order valence-electron chi connectivity index (χ4n) is 2.29. The van der Waals surface area contributed by atoms with Crippen molar-refractivity contribution in [3.63, 3.8) is 0 Å². The first kappa shape index (κ1) is 20.5. The average molecular weight is 399 g/mol. The zero-order valence-corrected chi connectivity index (χ0v) is 16.5. The lowest BCUT2D eigenvalue weighted by Crippen LogP contribution is -2.13. The van der Waals surface area contributed by atoms with Gasteiger partial charge < -0.3 is 19.6 Å².